The highest BCUT2D eigenvalue weighted by Crippen LogP contribution is 2.23. The molecule has 118 valence electrons. The minimum absolute atomic E-state index is 0.288. The lowest BCUT2D eigenvalue weighted by atomic mass is 10.1. The van der Waals surface area contributed by atoms with Crippen LogP contribution >= 0.6 is 11.8 Å². The van der Waals surface area contributed by atoms with Crippen LogP contribution in [0.5, 0.6) is 5.75 Å². The summed E-state index contributed by atoms with van der Waals surface area (Å²) in [6, 6.07) is 7.88. The molecule has 0 N–H and O–H groups in total. The molecular weight excluding hydrogens is 300 g/mol. The lowest BCUT2D eigenvalue weighted by Crippen LogP contribution is -2.21. The number of rotatable bonds is 6. The topological polar surface area (TPSA) is 57.4 Å². The summed E-state index contributed by atoms with van der Waals surface area (Å²) in [6.45, 7) is 3.20. The first-order chi connectivity index (χ1) is 10.8. The molecule has 1 aliphatic heterocycles. The van der Waals surface area contributed by atoms with Crippen LogP contribution in [-0.4, -0.2) is 28.7 Å². The van der Waals surface area contributed by atoms with Crippen molar-refractivity contribution >= 4 is 11.8 Å². The van der Waals surface area contributed by atoms with Crippen molar-refractivity contribution in [1.82, 2.24) is 10.2 Å². The predicted molar refractivity (Wildman–Crippen MR) is 84.1 cm³/mol. The Morgan fingerprint density at radius 2 is 2.09 bits per heavy atom. The first kappa shape index (κ1) is 15.4. The van der Waals surface area contributed by atoms with E-state index >= 15 is 0 Å². The van der Waals surface area contributed by atoms with Crippen LogP contribution in [0.1, 0.15) is 30.7 Å². The molecule has 0 bridgehead atoms. The molecule has 3 rings (SSSR count). The number of ether oxygens (including phenoxy) is 2. The molecule has 0 amide bonds. The third-order valence-corrected chi connectivity index (χ3v) is 4.45. The van der Waals surface area contributed by atoms with Gasteiger partial charge in [0.05, 0.1) is 6.10 Å². The average molecular weight is 320 g/mol. The highest BCUT2D eigenvalue weighted by Gasteiger charge is 2.16. The summed E-state index contributed by atoms with van der Waals surface area (Å²) < 4.78 is 16.9. The predicted octanol–water partition coefficient (Wildman–Crippen LogP) is 3.62. The summed E-state index contributed by atoms with van der Waals surface area (Å²) >= 11 is 1.55. The van der Waals surface area contributed by atoms with E-state index in [2.05, 4.69) is 10.2 Å². The van der Waals surface area contributed by atoms with E-state index in [1.54, 1.807) is 11.8 Å². The van der Waals surface area contributed by atoms with Crippen molar-refractivity contribution in [2.24, 2.45) is 0 Å². The summed E-state index contributed by atoms with van der Waals surface area (Å²) in [5, 5.41) is 8.63. The van der Waals surface area contributed by atoms with Gasteiger partial charge >= 0.3 is 0 Å². The van der Waals surface area contributed by atoms with Gasteiger partial charge in [0, 0.05) is 12.4 Å². The number of hydrogen-bond donors (Lipinski definition) is 0. The molecule has 5 nitrogen and oxygen atoms in total. The largest absolute Gasteiger partial charge is 0.484 e. The molecule has 1 aromatic carbocycles. The molecule has 1 aromatic heterocycles. The maximum atomic E-state index is 5.69. The first-order valence-corrected chi connectivity index (χ1v) is 8.54. The summed E-state index contributed by atoms with van der Waals surface area (Å²) in [5.74, 6) is 2.15. The highest BCUT2D eigenvalue weighted by molar-refractivity contribution is 7.99. The fourth-order valence-corrected chi connectivity index (χ4v) is 3.08. The fraction of sp³-hybridized carbons (Fsp3) is 0.500. The van der Waals surface area contributed by atoms with Gasteiger partial charge in [-0.3, -0.25) is 0 Å². The van der Waals surface area contributed by atoms with E-state index in [1.165, 1.54) is 18.4 Å². The first-order valence-electron chi connectivity index (χ1n) is 7.56. The van der Waals surface area contributed by atoms with Crippen LogP contribution in [0.3, 0.4) is 0 Å². The number of thioether (sulfide) groups is 1. The van der Waals surface area contributed by atoms with E-state index in [9.17, 15) is 0 Å². The van der Waals surface area contributed by atoms with Gasteiger partial charge < -0.3 is 13.9 Å². The third kappa shape index (κ3) is 4.48. The summed E-state index contributed by atoms with van der Waals surface area (Å²) in [6.07, 6.45) is 3.83. The van der Waals surface area contributed by atoms with Crippen molar-refractivity contribution in [3.8, 4) is 5.75 Å². The molecule has 22 heavy (non-hydrogen) atoms. The Labute approximate surface area is 134 Å². The van der Waals surface area contributed by atoms with Crippen molar-refractivity contribution in [3.63, 3.8) is 0 Å². The summed E-state index contributed by atoms with van der Waals surface area (Å²) in [7, 11) is 0. The number of hydrogen-bond acceptors (Lipinski definition) is 6. The van der Waals surface area contributed by atoms with Crippen molar-refractivity contribution < 1.29 is 13.9 Å². The molecule has 1 saturated heterocycles. The zero-order valence-electron chi connectivity index (χ0n) is 12.7. The average Bonchev–Trinajstić information content (AvgIpc) is 3.01. The van der Waals surface area contributed by atoms with Crippen molar-refractivity contribution in [1.29, 1.82) is 0 Å². The number of aryl methyl sites for hydroxylation is 1. The monoisotopic (exact) mass is 320 g/mol. The Hall–Kier alpha value is -1.53. The number of benzene rings is 1. The molecule has 2 aromatic rings. The van der Waals surface area contributed by atoms with E-state index < -0.39 is 0 Å². The van der Waals surface area contributed by atoms with Crippen LogP contribution in [-0.2, 0) is 11.3 Å². The Morgan fingerprint density at radius 3 is 2.86 bits per heavy atom. The van der Waals surface area contributed by atoms with Gasteiger partial charge in [-0.2, -0.15) is 0 Å². The maximum Gasteiger partial charge on any atom is 0.276 e. The van der Waals surface area contributed by atoms with Gasteiger partial charge in [-0.25, -0.2) is 0 Å². The van der Waals surface area contributed by atoms with Gasteiger partial charge in [0.2, 0.25) is 0 Å². The fourth-order valence-electron chi connectivity index (χ4n) is 2.24. The van der Waals surface area contributed by atoms with Crippen molar-refractivity contribution in [2.75, 3.05) is 12.4 Å². The highest BCUT2D eigenvalue weighted by atomic mass is 32.2. The minimum atomic E-state index is 0.288. The second-order valence-electron chi connectivity index (χ2n) is 5.36. The van der Waals surface area contributed by atoms with Gasteiger partial charge in [0.15, 0.2) is 6.61 Å². The normalized spacial score (nSPS) is 18.3. The molecule has 0 saturated carbocycles. The Balaban J connectivity index is 1.45. The van der Waals surface area contributed by atoms with Crippen LogP contribution in [0.25, 0.3) is 0 Å². The van der Waals surface area contributed by atoms with Gasteiger partial charge in [0.1, 0.15) is 5.75 Å². The van der Waals surface area contributed by atoms with E-state index in [-0.39, 0.29) is 6.61 Å². The lowest BCUT2D eigenvalue weighted by molar-refractivity contribution is 0.0314. The Kier molecular flexibility index (Phi) is 5.34. The van der Waals surface area contributed by atoms with Crippen LogP contribution in [0.15, 0.2) is 33.9 Å². The van der Waals surface area contributed by atoms with Gasteiger partial charge in [-0.1, -0.05) is 29.5 Å². The molecule has 0 aliphatic carbocycles. The molecular formula is C16H20N2O3S. The van der Waals surface area contributed by atoms with E-state index in [0.29, 0.717) is 17.2 Å². The molecule has 0 radical (unpaired) electrons. The smallest absolute Gasteiger partial charge is 0.276 e. The minimum Gasteiger partial charge on any atom is -0.484 e. The molecule has 6 heteroatoms. The quantitative estimate of drug-likeness (QED) is 0.758. The zero-order valence-corrected chi connectivity index (χ0v) is 13.5. The molecule has 1 fully saturated rings. The molecule has 2 heterocycles. The Bertz CT molecular complexity index is 579. The second-order valence-corrected chi connectivity index (χ2v) is 6.33. The van der Waals surface area contributed by atoms with Crippen LogP contribution in [0, 0.1) is 6.92 Å². The van der Waals surface area contributed by atoms with Crippen molar-refractivity contribution in [3.05, 3.63) is 35.7 Å². The van der Waals surface area contributed by atoms with Crippen LogP contribution in [0.2, 0.25) is 0 Å². The molecule has 0 spiro atoms. The van der Waals surface area contributed by atoms with E-state index in [4.69, 9.17) is 13.9 Å². The van der Waals surface area contributed by atoms with Crippen molar-refractivity contribution in [2.45, 2.75) is 44.1 Å². The summed E-state index contributed by atoms with van der Waals surface area (Å²) in [4.78, 5) is 0. The molecule has 1 atom stereocenters. The van der Waals surface area contributed by atoms with Crippen LogP contribution in [0.4, 0.5) is 0 Å². The lowest BCUT2D eigenvalue weighted by Gasteiger charge is -2.21. The standard InChI is InChI=1S/C16H20N2O3S/c1-12-5-7-13(8-6-12)20-10-15-17-18-16(21-15)22-11-14-4-2-3-9-19-14/h5-8,14H,2-4,9-11H2,1H3/t14-/m0/s1. The second kappa shape index (κ2) is 7.65. The third-order valence-electron chi connectivity index (χ3n) is 3.50. The number of nitrogens with zero attached hydrogens (tertiary/aromatic N) is 2. The molecule has 1 aliphatic rings. The van der Waals surface area contributed by atoms with Gasteiger partial charge in [-0.05, 0) is 38.3 Å². The summed E-state index contributed by atoms with van der Waals surface area (Å²) in [5.41, 5.74) is 1.20. The van der Waals surface area contributed by atoms with Gasteiger partial charge in [0.25, 0.3) is 11.1 Å². The zero-order chi connectivity index (χ0) is 15.2. The van der Waals surface area contributed by atoms with Crippen LogP contribution < -0.4 is 4.74 Å². The SMILES string of the molecule is Cc1ccc(OCc2nnc(SC[C@@H]3CCCCO3)o2)cc1. The van der Waals surface area contributed by atoms with E-state index in [0.717, 1.165) is 24.5 Å². The number of aromatic nitrogens is 2. The Morgan fingerprint density at radius 1 is 1.23 bits per heavy atom. The van der Waals surface area contributed by atoms with Gasteiger partial charge in [-0.15, -0.1) is 10.2 Å². The molecule has 0 unspecified atom stereocenters. The van der Waals surface area contributed by atoms with E-state index in [1.807, 2.05) is 31.2 Å². The maximum absolute atomic E-state index is 5.69.